The summed E-state index contributed by atoms with van der Waals surface area (Å²) in [6, 6.07) is 5.05. The molecule has 0 aliphatic rings. The molecule has 0 radical (unpaired) electrons. The number of carboxylic acid groups (broad SMARTS) is 1. The average Bonchev–Trinajstić information content (AvgIpc) is 2.35. The number of benzene rings is 1. The summed E-state index contributed by atoms with van der Waals surface area (Å²) in [5.74, 6) is -1.08. The fourth-order valence-corrected chi connectivity index (χ4v) is 1.87. The first kappa shape index (κ1) is 15.5. The lowest BCUT2D eigenvalue weighted by molar-refractivity contribution is 0.0697. The zero-order valence-corrected chi connectivity index (χ0v) is 11.3. The number of aliphatic hydroxyl groups excluding tert-OH is 1. The van der Waals surface area contributed by atoms with Crippen LogP contribution in [0.4, 0.5) is 5.69 Å². The molecule has 1 aromatic heterocycles. The third-order valence-corrected chi connectivity index (χ3v) is 2.71. The number of pyridine rings is 1. The van der Waals surface area contributed by atoms with Crippen LogP contribution in [0.15, 0.2) is 24.4 Å². The lowest BCUT2D eigenvalue weighted by Crippen LogP contribution is -2.11. The molecule has 0 bridgehead atoms. The number of halogens is 2. The molecule has 0 spiro atoms. The Morgan fingerprint density at radius 2 is 2.16 bits per heavy atom. The molecule has 19 heavy (non-hydrogen) atoms. The third-order valence-electron chi connectivity index (χ3n) is 2.47. The first-order valence-corrected chi connectivity index (χ1v) is 5.67. The molecular weight excluding hydrogens is 291 g/mol. The summed E-state index contributed by atoms with van der Waals surface area (Å²) in [6.45, 7) is 0.162. The van der Waals surface area contributed by atoms with Crippen molar-refractivity contribution in [1.82, 2.24) is 4.98 Å². The lowest BCUT2D eigenvalue weighted by atomic mass is 10.1. The Bertz CT molecular complexity index is 605. The van der Waals surface area contributed by atoms with Crippen molar-refractivity contribution in [3.05, 3.63) is 35.0 Å². The molecule has 2 rings (SSSR count). The first-order chi connectivity index (χ1) is 8.63. The fourth-order valence-electron chi connectivity index (χ4n) is 1.70. The van der Waals surface area contributed by atoms with Crippen molar-refractivity contribution < 1.29 is 15.0 Å². The Labute approximate surface area is 120 Å². The fraction of sp³-hybridized carbons (Fsp3) is 0.167. The largest absolute Gasteiger partial charge is 0.478 e. The van der Waals surface area contributed by atoms with Gasteiger partial charge in [0.15, 0.2) is 0 Å². The van der Waals surface area contributed by atoms with Crippen molar-refractivity contribution in [1.29, 1.82) is 0 Å². The van der Waals surface area contributed by atoms with Gasteiger partial charge in [0.1, 0.15) is 5.56 Å². The Morgan fingerprint density at radius 3 is 2.79 bits per heavy atom. The second kappa shape index (κ2) is 6.56. The molecule has 0 unspecified atom stereocenters. The molecule has 5 nitrogen and oxygen atoms in total. The number of hydrogen-bond acceptors (Lipinski definition) is 4. The normalized spacial score (nSPS) is 10.0. The summed E-state index contributed by atoms with van der Waals surface area (Å²) in [5.41, 5.74) is 1.12. The number of carboxylic acids is 1. The molecule has 0 aliphatic heterocycles. The first-order valence-electron chi connectivity index (χ1n) is 5.30. The number of fused-ring (bicyclic) bond motifs is 1. The van der Waals surface area contributed by atoms with Crippen LogP contribution in [0.2, 0.25) is 5.02 Å². The van der Waals surface area contributed by atoms with E-state index in [9.17, 15) is 4.79 Å². The van der Waals surface area contributed by atoms with Gasteiger partial charge in [-0.05, 0) is 18.2 Å². The van der Waals surface area contributed by atoms with Crippen molar-refractivity contribution in [2.24, 2.45) is 0 Å². The van der Waals surface area contributed by atoms with Gasteiger partial charge in [-0.25, -0.2) is 4.79 Å². The predicted molar refractivity (Wildman–Crippen MR) is 76.5 cm³/mol. The van der Waals surface area contributed by atoms with Crippen molar-refractivity contribution in [3.63, 3.8) is 0 Å². The highest BCUT2D eigenvalue weighted by Crippen LogP contribution is 2.28. The number of nitrogens with zero attached hydrogens (tertiary/aromatic N) is 1. The van der Waals surface area contributed by atoms with Gasteiger partial charge in [-0.15, -0.1) is 12.4 Å². The van der Waals surface area contributed by atoms with E-state index in [1.165, 1.54) is 6.20 Å². The molecule has 0 atom stereocenters. The summed E-state index contributed by atoms with van der Waals surface area (Å²) in [7, 11) is 0. The smallest absolute Gasteiger partial charge is 0.339 e. The average molecular weight is 303 g/mol. The Morgan fingerprint density at radius 1 is 1.42 bits per heavy atom. The number of anilines is 1. The van der Waals surface area contributed by atoms with Gasteiger partial charge in [0, 0.05) is 23.2 Å². The van der Waals surface area contributed by atoms with Crippen LogP contribution in [-0.2, 0) is 0 Å². The molecule has 0 saturated heterocycles. The van der Waals surface area contributed by atoms with Crippen molar-refractivity contribution >= 4 is 46.6 Å². The lowest BCUT2D eigenvalue weighted by Gasteiger charge is -2.11. The van der Waals surface area contributed by atoms with Crippen LogP contribution in [0.3, 0.4) is 0 Å². The highest BCUT2D eigenvalue weighted by Gasteiger charge is 2.14. The molecule has 1 aromatic carbocycles. The molecular formula is C12H12Cl2N2O3. The molecule has 102 valence electrons. The van der Waals surface area contributed by atoms with Gasteiger partial charge in [0.25, 0.3) is 0 Å². The zero-order chi connectivity index (χ0) is 13.1. The van der Waals surface area contributed by atoms with Gasteiger partial charge in [-0.1, -0.05) is 11.6 Å². The van der Waals surface area contributed by atoms with Gasteiger partial charge in [0.05, 0.1) is 17.8 Å². The van der Waals surface area contributed by atoms with E-state index in [0.29, 0.717) is 21.6 Å². The van der Waals surface area contributed by atoms with E-state index in [-0.39, 0.29) is 31.1 Å². The van der Waals surface area contributed by atoms with E-state index in [1.54, 1.807) is 18.2 Å². The summed E-state index contributed by atoms with van der Waals surface area (Å²) in [5, 5.41) is 22.0. The molecule has 0 aliphatic carbocycles. The van der Waals surface area contributed by atoms with Crippen molar-refractivity contribution in [3.8, 4) is 0 Å². The van der Waals surface area contributed by atoms with E-state index in [4.69, 9.17) is 21.8 Å². The summed E-state index contributed by atoms with van der Waals surface area (Å²) >= 11 is 5.90. The van der Waals surface area contributed by atoms with Crippen LogP contribution in [-0.4, -0.2) is 34.3 Å². The minimum Gasteiger partial charge on any atom is -0.478 e. The Hall–Kier alpha value is -1.56. The maximum atomic E-state index is 11.1. The highest BCUT2D eigenvalue weighted by atomic mass is 35.5. The minimum atomic E-state index is -1.08. The van der Waals surface area contributed by atoms with Crippen molar-refractivity contribution in [2.75, 3.05) is 18.5 Å². The topological polar surface area (TPSA) is 82.5 Å². The molecule has 0 fully saturated rings. The van der Waals surface area contributed by atoms with E-state index in [1.807, 2.05) is 0 Å². The maximum absolute atomic E-state index is 11.1. The van der Waals surface area contributed by atoms with Crippen LogP contribution in [0.5, 0.6) is 0 Å². The molecule has 1 heterocycles. The van der Waals surface area contributed by atoms with E-state index in [0.717, 1.165) is 0 Å². The van der Waals surface area contributed by atoms with Crippen LogP contribution in [0.25, 0.3) is 10.9 Å². The van der Waals surface area contributed by atoms with Gasteiger partial charge in [-0.3, -0.25) is 4.98 Å². The molecule has 7 heteroatoms. The third kappa shape index (κ3) is 3.26. The molecule has 2 aromatic rings. The molecule has 0 amide bonds. The van der Waals surface area contributed by atoms with Crippen LogP contribution in [0.1, 0.15) is 10.4 Å². The molecule has 0 saturated carbocycles. The van der Waals surface area contributed by atoms with E-state index >= 15 is 0 Å². The zero-order valence-electron chi connectivity index (χ0n) is 9.76. The Kier molecular flexibility index (Phi) is 5.35. The summed E-state index contributed by atoms with van der Waals surface area (Å²) < 4.78 is 0. The van der Waals surface area contributed by atoms with E-state index < -0.39 is 5.97 Å². The number of nitrogens with one attached hydrogen (secondary N) is 1. The van der Waals surface area contributed by atoms with Crippen LogP contribution >= 0.6 is 24.0 Å². The number of rotatable bonds is 4. The second-order valence-electron chi connectivity index (χ2n) is 3.66. The van der Waals surface area contributed by atoms with Gasteiger partial charge in [0.2, 0.25) is 0 Å². The number of carbonyl (C=O) groups is 1. The predicted octanol–water partition coefficient (Wildman–Crippen LogP) is 2.41. The van der Waals surface area contributed by atoms with Crippen LogP contribution < -0.4 is 5.32 Å². The number of hydrogen-bond donors (Lipinski definition) is 3. The minimum absolute atomic E-state index is 0. The number of aromatic carboxylic acids is 1. The van der Waals surface area contributed by atoms with Gasteiger partial charge in [-0.2, -0.15) is 0 Å². The Balaban J connectivity index is 0.00000180. The number of aromatic nitrogens is 1. The quantitative estimate of drug-likeness (QED) is 0.808. The maximum Gasteiger partial charge on any atom is 0.339 e. The highest BCUT2D eigenvalue weighted by molar-refractivity contribution is 6.31. The standard InChI is InChI=1S/C12H11ClN2O3.ClH/c13-7-1-2-10-8(5-7)11(14-3-4-16)9(6-15-10)12(17)18;/h1-2,5-6,16H,3-4H2,(H,14,15)(H,17,18);1H. The van der Waals surface area contributed by atoms with E-state index in [2.05, 4.69) is 10.3 Å². The van der Waals surface area contributed by atoms with Crippen LogP contribution in [0, 0.1) is 0 Å². The summed E-state index contributed by atoms with van der Waals surface area (Å²) in [6.07, 6.45) is 1.29. The molecule has 3 N–H and O–H groups in total. The van der Waals surface area contributed by atoms with Gasteiger partial charge >= 0.3 is 5.97 Å². The summed E-state index contributed by atoms with van der Waals surface area (Å²) in [4.78, 5) is 15.2. The number of aliphatic hydroxyl groups is 1. The van der Waals surface area contributed by atoms with Gasteiger partial charge < -0.3 is 15.5 Å². The SMILES string of the molecule is Cl.O=C(O)c1cnc2ccc(Cl)cc2c1NCCO. The second-order valence-corrected chi connectivity index (χ2v) is 4.10. The van der Waals surface area contributed by atoms with Crippen molar-refractivity contribution in [2.45, 2.75) is 0 Å². The monoisotopic (exact) mass is 302 g/mol.